The molecule has 40 heavy (non-hydrogen) atoms. The third-order valence-electron chi connectivity index (χ3n) is 5.85. The predicted octanol–water partition coefficient (Wildman–Crippen LogP) is 6.38. The summed E-state index contributed by atoms with van der Waals surface area (Å²) in [5.74, 6) is 2.90. The second-order valence-electron chi connectivity index (χ2n) is 8.13. The van der Waals surface area contributed by atoms with Gasteiger partial charge in [-0.25, -0.2) is 0 Å². The van der Waals surface area contributed by atoms with E-state index in [1.54, 1.807) is 39.5 Å². The molecule has 0 saturated heterocycles. The topological polar surface area (TPSA) is 93.7 Å². The molecule has 0 bridgehead atoms. The van der Waals surface area contributed by atoms with Crippen molar-refractivity contribution in [2.24, 2.45) is 0 Å². The van der Waals surface area contributed by atoms with Crippen molar-refractivity contribution < 1.29 is 38.0 Å². The smallest absolute Gasteiger partial charge is 0.203 e. The van der Waals surface area contributed by atoms with Gasteiger partial charge in [0.15, 0.2) is 34.5 Å². The van der Waals surface area contributed by atoms with Gasteiger partial charge in [0.2, 0.25) is 11.5 Å². The normalized spacial score (nSPS) is 10.9. The number of hydrogen-bond donors (Lipinski definition) is 1. The van der Waals surface area contributed by atoms with Gasteiger partial charge in [-0.15, -0.1) is 0 Å². The molecule has 0 fully saturated rings. The second kappa shape index (κ2) is 14.0. The number of nitrogens with one attached hydrogen (secondary N) is 1. The molecule has 0 unspecified atom stereocenters. The Balaban J connectivity index is 1.87. The lowest BCUT2D eigenvalue weighted by atomic mass is 10.1. The van der Waals surface area contributed by atoms with Crippen LogP contribution in [0.15, 0.2) is 48.7 Å². The van der Waals surface area contributed by atoms with Crippen LogP contribution in [0.3, 0.4) is 0 Å². The van der Waals surface area contributed by atoms with Gasteiger partial charge in [-0.1, -0.05) is 23.8 Å². The van der Waals surface area contributed by atoms with E-state index >= 15 is 0 Å². The number of hydrogen-bond acceptors (Lipinski definition) is 9. The molecule has 0 aliphatic carbocycles. The van der Waals surface area contributed by atoms with Gasteiger partial charge in [0.25, 0.3) is 0 Å². The van der Waals surface area contributed by atoms with Crippen LogP contribution in [-0.2, 0) is 0 Å². The van der Waals surface area contributed by atoms with Crippen LogP contribution in [-0.4, -0.2) is 55.6 Å². The average molecular weight is 570 g/mol. The zero-order valence-corrected chi connectivity index (χ0v) is 24.2. The van der Waals surface area contributed by atoms with Gasteiger partial charge < -0.3 is 38.5 Å². The first-order valence-corrected chi connectivity index (χ1v) is 12.3. The Labute approximate surface area is 238 Å². The summed E-state index contributed by atoms with van der Waals surface area (Å²) >= 11 is 6.50. The maximum absolute atomic E-state index is 12.9. The third kappa shape index (κ3) is 6.73. The van der Waals surface area contributed by atoms with Crippen molar-refractivity contribution in [3.05, 3.63) is 70.4 Å². The van der Waals surface area contributed by atoms with E-state index in [9.17, 15) is 4.79 Å². The molecule has 1 N–H and O–H groups in total. The molecule has 0 radical (unpaired) electrons. The summed E-state index contributed by atoms with van der Waals surface area (Å²) in [6, 6.07) is 10.4. The molecule has 3 rings (SSSR count). The van der Waals surface area contributed by atoms with Crippen LogP contribution in [0.2, 0.25) is 5.02 Å². The van der Waals surface area contributed by atoms with Crippen LogP contribution in [0.25, 0.3) is 12.2 Å². The van der Waals surface area contributed by atoms with Gasteiger partial charge in [0, 0.05) is 17.8 Å². The molecule has 0 amide bonds. The fourth-order valence-electron chi connectivity index (χ4n) is 3.94. The maximum Gasteiger partial charge on any atom is 0.203 e. The summed E-state index contributed by atoms with van der Waals surface area (Å²) in [5.41, 5.74) is 2.53. The zero-order valence-electron chi connectivity index (χ0n) is 23.4. The quantitative estimate of drug-likeness (QED) is 0.143. The van der Waals surface area contributed by atoms with Crippen molar-refractivity contribution in [2.75, 3.05) is 55.1 Å². The highest BCUT2D eigenvalue weighted by molar-refractivity contribution is 6.32. The van der Waals surface area contributed by atoms with E-state index in [2.05, 4.69) is 5.32 Å². The molecule has 0 atom stereocenters. The lowest BCUT2D eigenvalue weighted by molar-refractivity contribution is 0.104. The van der Waals surface area contributed by atoms with Crippen LogP contribution < -0.4 is 38.5 Å². The van der Waals surface area contributed by atoms with Crippen molar-refractivity contribution in [1.82, 2.24) is 0 Å². The fourth-order valence-corrected chi connectivity index (χ4v) is 4.25. The highest BCUT2D eigenvalue weighted by Gasteiger charge is 2.16. The molecule has 0 heterocycles. The van der Waals surface area contributed by atoms with E-state index in [-0.39, 0.29) is 5.78 Å². The Morgan fingerprint density at radius 2 is 1.07 bits per heavy atom. The Hall–Kier alpha value is -4.50. The fraction of sp³-hybridized carbons (Fsp3) is 0.233. The minimum Gasteiger partial charge on any atom is -0.493 e. The minimum atomic E-state index is -0.282. The summed E-state index contributed by atoms with van der Waals surface area (Å²) in [7, 11) is 10.7. The summed E-state index contributed by atoms with van der Waals surface area (Å²) < 4.78 is 37.7. The first-order valence-electron chi connectivity index (χ1n) is 12.0. The molecule has 0 spiro atoms. The SMILES string of the molecule is COc1cc(/C=C\c2cc(Cl)c(OC)c(N/C=C\C(=O)c3cc(OC)c(OC)c(OC)c3)c2)cc(OC)c1OC. The summed E-state index contributed by atoms with van der Waals surface area (Å²) in [5, 5.41) is 3.48. The molecule has 0 aliphatic heterocycles. The van der Waals surface area contributed by atoms with E-state index in [4.69, 9.17) is 44.8 Å². The molecular weight excluding hydrogens is 538 g/mol. The number of benzene rings is 3. The number of carbonyl (C=O) groups is 1. The summed E-state index contributed by atoms with van der Waals surface area (Å²) in [6.07, 6.45) is 6.65. The number of methoxy groups -OCH3 is 7. The Kier molecular flexibility index (Phi) is 10.6. The molecule has 212 valence electrons. The van der Waals surface area contributed by atoms with Crippen molar-refractivity contribution >= 4 is 35.2 Å². The lowest BCUT2D eigenvalue weighted by Crippen LogP contribution is -2.01. The van der Waals surface area contributed by atoms with Gasteiger partial charge >= 0.3 is 0 Å². The van der Waals surface area contributed by atoms with E-state index in [1.807, 2.05) is 30.4 Å². The number of allylic oxidation sites excluding steroid dienone is 1. The van der Waals surface area contributed by atoms with Crippen LogP contribution in [0, 0.1) is 0 Å². The van der Waals surface area contributed by atoms with Crippen molar-refractivity contribution in [2.45, 2.75) is 0 Å². The Bertz CT molecular complexity index is 1370. The zero-order chi connectivity index (χ0) is 29.2. The highest BCUT2D eigenvalue weighted by atomic mass is 35.5. The first-order chi connectivity index (χ1) is 19.3. The largest absolute Gasteiger partial charge is 0.493 e. The summed E-state index contributed by atoms with van der Waals surface area (Å²) in [4.78, 5) is 12.9. The number of anilines is 1. The lowest BCUT2D eigenvalue weighted by Gasteiger charge is -2.13. The molecule has 3 aromatic rings. The molecule has 0 aromatic heterocycles. The molecule has 10 heteroatoms. The van der Waals surface area contributed by atoms with Crippen molar-refractivity contribution in [3.8, 4) is 40.2 Å². The van der Waals surface area contributed by atoms with E-state index in [0.29, 0.717) is 56.5 Å². The number of ether oxygens (including phenoxy) is 7. The molecule has 9 nitrogen and oxygen atoms in total. The van der Waals surface area contributed by atoms with Gasteiger partial charge in [0.05, 0.1) is 60.5 Å². The monoisotopic (exact) mass is 569 g/mol. The second-order valence-corrected chi connectivity index (χ2v) is 8.54. The number of rotatable bonds is 13. The van der Waals surface area contributed by atoms with Crippen molar-refractivity contribution in [3.63, 3.8) is 0 Å². The standard InChI is InChI=1S/C30H32ClNO8/c1-34-24-14-19(15-25(35-2)29(24)39-6)9-8-18-12-21(31)28(38-5)22(13-18)32-11-10-23(33)20-16-26(36-3)30(40-7)27(17-20)37-4/h8-17,32H,1-7H3/b9-8-,11-10-. The number of ketones is 1. The molecular formula is C30H32ClNO8. The van der Waals surface area contributed by atoms with Crippen LogP contribution in [0.5, 0.6) is 40.2 Å². The van der Waals surface area contributed by atoms with Gasteiger partial charge in [-0.05, 0) is 47.5 Å². The molecule has 3 aromatic carbocycles. The average Bonchev–Trinajstić information content (AvgIpc) is 2.98. The van der Waals surface area contributed by atoms with E-state index < -0.39 is 0 Å². The maximum atomic E-state index is 12.9. The van der Waals surface area contributed by atoms with Gasteiger partial charge in [0.1, 0.15) is 0 Å². The number of carbonyl (C=O) groups excluding carboxylic acids is 1. The highest BCUT2D eigenvalue weighted by Crippen LogP contribution is 2.40. The summed E-state index contributed by atoms with van der Waals surface area (Å²) in [6.45, 7) is 0. The predicted molar refractivity (Wildman–Crippen MR) is 156 cm³/mol. The van der Waals surface area contributed by atoms with Crippen LogP contribution in [0.4, 0.5) is 5.69 Å². The van der Waals surface area contributed by atoms with Gasteiger partial charge in [-0.3, -0.25) is 4.79 Å². The van der Waals surface area contributed by atoms with Crippen LogP contribution in [0.1, 0.15) is 21.5 Å². The molecule has 0 aliphatic rings. The van der Waals surface area contributed by atoms with E-state index in [1.165, 1.54) is 40.7 Å². The van der Waals surface area contributed by atoms with E-state index in [0.717, 1.165) is 11.1 Å². The first kappa shape index (κ1) is 30.0. The molecule has 0 saturated carbocycles. The van der Waals surface area contributed by atoms with Crippen LogP contribution >= 0.6 is 11.6 Å². The van der Waals surface area contributed by atoms with Gasteiger partial charge in [-0.2, -0.15) is 0 Å². The van der Waals surface area contributed by atoms with Crippen molar-refractivity contribution in [1.29, 1.82) is 0 Å². The third-order valence-corrected chi connectivity index (χ3v) is 6.13. The number of halogens is 1. The Morgan fingerprint density at radius 1 is 0.625 bits per heavy atom. The minimum absolute atomic E-state index is 0.282. The Morgan fingerprint density at radius 3 is 1.52 bits per heavy atom.